The quantitative estimate of drug-likeness (QED) is 0.931. The number of halogens is 3. The zero-order valence-corrected chi connectivity index (χ0v) is 12.0. The third-order valence-corrected chi connectivity index (χ3v) is 3.60. The first-order valence-corrected chi connectivity index (χ1v) is 6.89. The number of alkyl halides is 3. The van der Waals surface area contributed by atoms with Crippen molar-refractivity contribution < 1.29 is 18.0 Å². The Kier molecular flexibility index (Phi) is 4.51. The molecule has 1 saturated heterocycles. The summed E-state index contributed by atoms with van der Waals surface area (Å²) >= 11 is 0. The fourth-order valence-electron chi connectivity index (χ4n) is 2.51. The monoisotopic (exact) mass is 301 g/mol. The Morgan fingerprint density at radius 2 is 2.24 bits per heavy atom. The van der Waals surface area contributed by atoms with Gasteiger partial charge in [-0.1, -0.05) is 6.92 Å². The highest BCUT2D eigenvalue weighted by molar-refractivity contribution is 5.95. The number of carbonyl (C=O) groups is 1. The van der Waals surface area contributed by atoms with Crippen LogP contribution in [0.4, 0.5) is 13.2 Å². The number of pyridine rings is 1. The molecule has 1 aliphatic heterocycles. The van der Waals surface area contributed by atoms with Gasteiger partial charge in [0, 0.05) is 25.3 Å². The highest BCUT2D eigenvalue weighted by atomic mass is 19.4. The van der Waals surface area contributed by atoms with Crippen LogP contribution in [0.1, 0.15) is 35.0 Å². The molecule has 0 aliphatic carbocycles. The summed E-state index contributed by atoms with van der Waals surface area (Å²) in [5.74, 6) is -0.255. The van der Waals surface area contributed by atoms with Gasteiger partial charge in [-0.05, 0) is 31.5 Å². The summed E-state index contributed by atoms with van der Waals surface area (Å²) in [6.07, 6.45) is -2.61. The van der Waals surface area contributed by atoms with Crippen LogP contribution in [0.15, 0.2) is 12.3 Å². The van der Waals surface area contributed by atoms with E-state index in [1.165, 1.54) is 6.92 Å². The molecule has 0 spiro atoms. The van der Waals surface area contributed by atoms with Crippen LogP contribution in [0.3, 0.4) is 0 Å². The Morgan fingerprint density at radius 3 is 2.81 bits per heavy atom. The Morgan fingerprint density at radius 1 is 1.52 bits per heavy atom. The minimum atomic E-state index is -4.49. The Bertz CT molecular complexity index is 531. The van der Waals surface area contributed by atoms with E-state index >= 15 is 0 Å². The highest BCUT2D eigenvalue weighted by Gasteiger charge is 2.34. The summed E-state index contributed by atoms with van der Waals surface area (Å²) in [5.41, 5.74) is -0.433. The van der Waals surface area contributed by atoms with Crippen LogP contribution in [0.5, 0.6) is 0 Å². The van der Waals surface area contributed by atoms with Crippen molar-refractivity contribution in [3.63, 3.8) is 0 Å². The first-order valence-electron chi connectivity index (χ1n) is 6.89. The molecule has 0 radical (unpaired) electrons. The maximum Gasteiger partial charge on any atom is 0.433 e. The molecule has 4 nitrogen and oxygen atoms in total. The average molecular weight is 301 g/mol. The number of rotatable bonds is 3. The first-order chi connectivity index (χ1) is 9.82. The topological polar surface area (TPSA) is 45.2 Å². The van der Waals surface area contributed by atoms with Gasteiger partial charge in [0.15, 0.2) is 0 Å². The van der Waals surface area contributed by atoms with Gasteiger partial charge in [0.05, 0.1) is 5.56 Å². The molecule has 1 aromatic heterocycles. The third-order valence-electron chi connectivity index (χ3n) is 3.60. The van der Waals surface area contributed by atoms with Crippen molar-refractivity contribution in [2.75, 3.05) is 19.6 Å². The van der Waals surface area contributed by atoms with Crippen molar-refractivity contribution in [2.45, 2.75) is 32.5 Å². The molecule has 1 aliphatic rings. The van der Waals surface area contributed by atoms with E-state index in [1.807, 2.05) is 6.92 Å². The summed E-state index contributed by atoms with van der Waals surface area (Å²) in [4.78, 5) is 17.4. The van der Waals surface area contributed by atoms with E-state index in [1.54, 1.807) is 4.90 Å². The number of aromatic nitrogens is 1. The van der Waals surface area contributed by atoms with E-state index in [0.717, 1.165) is 25.2 Å². The maximum atomic E-state index is 12.6. The summed E-state index contributed by atoms with van der Waals surface area (Å²) in [6, 6.07) is 1.17. The van der Waals surface area contributed by atoms with E-state index < -0.39 is 11.9 Å². The standard InChI is InChI=1S/C14H18F3N3O/c1-3-18-10-4-5-20(8-10)13(21)11-7-19-12(6-9(11)2)14(15,16)17/h6-7,10,18H,3-5,8H2,1-2H3/t10-/m0/s1. The number of nitrogens with one attached hydrogen (secondary N) is 1. The predicted molar refractivity (Wildman–Crippen MR) is 72.0 cm³/mol. The minimum Gasteiger partial charge on any atom is -0.337 e. The SMILES string of the molecule is CCN[C@H]1CCN(C(=O)c2cnc(C(F)(F)F)cc2C)C1. The van der Waals surface area contributed by atoms with E-state index in [-0.39, 0.29) is 17.5 Å². The van der Waals surface area contributed by atoms with E-state index in [0.29, 0.717) is 18.7 Å². The largest absolute Gasteiger partial charge is 0.433 e. The van der Waals surface area contributed by atoms with Gasteiger partial charge >= 0.3 is 6.18 Å². The lowest BCUT2D eigenvalue weighted by Gasteiger charge is -2.18. The lowest BCUT2D eigenvalue weighted by molar-refractivity contribution is -0.141. The fourth-order valence-corrected chi connectivity index (χ4v) is 2.51. The summed E-state index contributed by atoms with van der Waals surface area (Å²) in [5, 5.41) is 3.27. The van der Waals surface area contributed by atoms with Crippen LogP contribution >= 0.6 is 0 Å². The van der Waals surface area contributed by atoms with Crippen LogP contribution < -0.4 is 5.32 Å². The zero-order valence-electron chi connectivity index (χ0n) is 12.0. The van der Waals surface area contributed by atoms with Crippen molar-refractivity contribution in [1.29, 1.82) is 0 Å². The molecular weight excluding hydrogens is 283 g/mol. The molecule has 2 rings (SSSR count). The van der Waals surface area contributed by atoms with Crippen LogP contribution in [0, 0.1) is 6.92 Å². The van der Waals surface area contributed by atoms with Gasteiger partial charge in [-0.25, -0.2) is 0 Å². The smallest absolute Gasteiger partial charge is 0.337 e. The molecule has 1 atom stereocenters. The maximum absolute atomic E-state index is 12.6. The molecule has 0 bridgehead atoms. The molecule has 1 aromatic rings. The molecule has 1 amide bonds. The Balaban J connectivity index is 2.14. The molecule has 0 aromatic carbocycles. The van der Waals surface area contributed by atoms with E-state index in [9.17, 15) is 18.0 Å². The zero-order chi connectivity index (χ0) is 15.6. The summed E-state index contributed by atoms with van der Waals surface area (Å²) in [6.45, 7) is 5.51. The van der Waals surface area contributed by atoms with Gasteiger partial charge in [0.25, 0.3) is 5.91 Å². The van der Waals surface area contributed by atoms with E-state index in [4.69, 9.17) is 0 Å². The van der Waals surface area contributed by atoms with Crippen LogP contribution in [-0.4, -0.2) is 41.5 Å². The molecule has 1 fully saturated rings. The normalized spacial score (nSPS) is 19.1. The second-order valence-electron chi connectivity index (χ2n) is 5.18. The van der Waals surface area contributed by atoms with Crippen molar-refractivity contribution in [3.05, 3.63) is 29.1 Å². The van der Waals surface area contributed by atoms with Crippen LogP contribution in [0.25, 0.3) is 0 Å². The Hall–Kier alpha value is -1.63. The van der Waals surface area contributed by atoms with Crippen LogP contribution in [0.2, 0.25) is 0 Å². The first kappa shape index (κ1) is 15.8. The number of nitrogens with zero attached hydrogens (tertiary/aromatic N) is 2. The van der Waals surface area contributed by atoms with Gasteiger partial charge in [-0.2, -0.15) is 13.2 Å². The van der Waals surface area contributed by atoms with Crippen molar-refractivity contribution in [3.8, 4) is 0 Å². The number of likely N-dealkylation sites (N-methyl/N-ethyl adjacent to an activating group) is 1. The average Bonchev–Trinajstić information content (AvgIpc) is 2.86. The molecule has 2 heterocycles. The van der Waals surface area contributed by atoms with Crippen molar-refractivity contribution in [1.82, 2.24) is 15.2 Å². The van der Waals surface area contributed by atoms with Crippen molar-refractivity contribution >= 4 is 5.91 Å². The number of likely N-dealkylation sites (tertiary alicyclic amines) is 1. The summed E-state index contributed by atoms with van der Waals surface area (Å²) < 4.78 is 37.7. The lowest BCUT2D eigenvalue weighted by atomic mass is 10.1. The third kappa shape index (κ3) is 3.53. The number of carbonyl (C=O) groups excluding carboxylic acids is 1. The van der Waals surface area contributed by atoms with Crippen molar-refractivity contribution in [2.24, 2.45) is 0 Å². The molecule has 7 heteroatoms. The molecule has 116 valence electrons. The van der Waals surface area contributed by atoms with Gasteiger partial charge in [0.1, 0.15) is 5.69 Å². The minimum absolute atomic E-state index is 0.236. The number of amides is 1. The van der Waals surface area contributed by atoms with E-state index in [2.05, 4.69) is 10.3 Å². The van der Waals surface area contributed by atoms with Gasteiger partial charge in [-0.3, -0.25) is 9.78 Å². The van der Waals surface area contributed by atoms with Gasteiger partial charge in [-0.15, -0.1) is 0 Å². The Labute approximate surface area is 121 Å². The van der Waals surface area contributed by atoms with Crippen LogP contribution in [-0.2, 0) is 6.18 Å². The fraction of sp³-hybridized carbons (Fsp3) is 0.571. The molecule has 1 N–H and O–H groups in total. The second kappa shape index (κ2) is 6.01. The molecular formula is C14H18F3N3O. The molecule has 0 unspecified atom stereocenters. The predicted octanol–water partition coefficient (Wildman–Crippen LogP) is 2.23. The number of hydrogen-bond donors (Lipinski definition) is 1. The number of hydrogen-bond acceptors (Lipinski definition) is 3. The molecule has 21 heavy (non-hydrogen) atoms. The second-order valence-corrected chi connectivity index (χ2v) is 5.18. The van der Waals surface area contributed by atoms with Gasteiger partial charge < -0.3 is 10.2 Å². The lowest BCUT2D eigenvalue weighted by Crippen LogP contribution is -2.35. The van der Waals surface area contributed by atoms with Gasteiger partial charge in [0.2, 0.25) is 0 Å². The summed E-state index contributed by atoms with van der Waals surface area (Å²) in [7, 11) is 0. The number of aryl methyl sites for hydroxylation is 1. The molecule has 0 saturated carbocycles. The highest BCUT2D eigenvalue weighted by Crippen LogP contribution is 2.28.